The van der Waals surface area contributed by atoms with Crippen LogP contribution in [0, 0.1) is 5.82 Å². The summed E-state index contributed by atoms with van der Waals surface area (Å²) in [4.78, 5) is 3.85. The van der Waals surface area contributed by atoms with E-state index < -0.39 is 6.10 Å². The number of nitrogens with zero attached hydrogens (tertiary/aromatic N) is 2. The molecule has 2 aromatic rings. The van der Waals surface area contributed by atoms with Crippen molar-refractivity contribution in [1.82, 2.24) is 9.55 Å². The van der Waals surface area contributed by atoms with Gasteiger partial charge in [-0.25, -0.2) is 9.37 Å². The average Bonchev–Trinajstić information content (AvgIpc) is 2.70. The predicted octanol–water partition coefficient (Wildman–Crippen LogP) is 2.06. The molecule has 1 atom stereocenters. The lowest BCUT2D eigenvalue weighted by atomic mass is 10.1. The highest BCUT2D eigenvalue weighted by Gasteiger charge is 2.13. The monoisotopic (exact) mass is 206 g/mol. The Hall–Kier alpha value is -1.68. The molecule has 1 N–H and O–H groups in total. The molecule has 0 radical (unpaired) electrons. The zero-order valence-electron chi connectivity index (χ0n) is 8.26. The summed E-state index contributed by atoms with van der Waals surface area (Å²) >= 11 is 0. The number of para-hydroxylation sites is 1. The molecule has 1 aromatic carbocycles. The van der Waals surface area contributed by atoms with E-state index in [2.05, 4.69) is 4.98 Å². The Morgan fingerprint density at radius 3 is 2.87 bits per heavy atom. The minimum absolute atomic E-state index is 0.352. The van der Waals surface area contributed by atoms with Crippen molar-refractivity contribution in [3.8, 4) is 5.69 Å². The van der Waals surface area contributed by atoms with Gasteiger partial charge in [0.1, 0.15) is 5.82 Å². The quantitative estimate of drug-likeness (QED) is 0.816. The summed E-state index contributed by atoms with van der Waals surface area (Å²) in [5.41, 5.74) is 0.901. The zero-order chi connectivity index (χ0) is 10.8. The molecule has 4 heteroatoms. The number of aliphatic hydroxyl groups is 1. The van der Waals surface area contributed by atoms with Gasteiger partial charge in [-0.15, -0.1) is 0 Å². The molecule has 0 saturated carbocycles. The Morgan fingerprint density at radius 2 is 2.27 bits per heavy atom. The number of aliphatic hydroxyl groups excluding tert-OH is 1. The standard InChI is InChI=1S/C11H11FN2O/c1-8(15)9-3-2-4-10(12)11(9)14-6-5-13-7-14/h2-8,15H,1H3. The van der Waals surface area contributed by atoms with Gasteiger partial charge in [0.25, 0.3) is 0 Å². The second kappa shape index (κ2) is 3.82. The average molecular weight is 206 g/mol. The molecule has 1 heterocycles. The van der Waals surface area contributed by atoms with Gasteiger partial charge in [0.05, 0.1) is 18.1 Å². The van der Waals surface area contributed by atoms with Crippen molar-refractivity contribution in [1.29, 1.82) is 0 Å². The third kappa shape index (κ3) is 1.76. The molecule has 15 heavy (non-hydrogen) atoms. The van der Waals surface area contributed by atoms with Gasteiger partial charge in [0, 0.05) is 18.0 Å². The lowest BCUT2D eigenvalue weighted by Crippen LogP contribution is -2.03. The molecular weight excluding hydrogens is 195 g/mol. The van der Waals surface area contributed by atoms with Crippen LogP contribution < -0.4 is 0 Å². The Balaban J connectivity index is 2.63. The first-order valence-electron chi connectivity index (χ1n) is 4.65. The summed E-state index contributed by atoms with van der Waals surface area (Å²) in [5, 5.41) is 9.53. The third-order valence-electron chi connectivity index (χ3n) is 2.23. The first-order valence-corrected chi connectivity index (χ1v) is 4.65. The predicted molar refractivity (Wildman–Crippen MR) is 54.2 cm³/mol. The van der Waals surface area contributed by atoms with Gasteiger partial charge >= 0.3 is 0 Å². The van der Waals surface area contributed by atoms with E-state index in [4.69, 9.17) is 0 Å². The second-order valence-electron chi connectivity index (χ2n) is 3.32. The van der Waals surface area contributed by atoms with Gasteiger partial charge in [-0.2, -0.15) is 0 Å². The molecule has 0 bridgehead atoms. The minimum atomic E-state index is -0.710. The zero-order valence-corrected chi connectivity index (χ0v) is 8.26. The largest absolute Gasteiger partial charge is 0.389 e. The summed E-state index contributed by atoms with van der Waals surface area (Å²) < 4.78 is 15.2. The molecule has 1 unspecified atom stereocenters. The number of rotatable bonds is 2. The van der Waals surface area contributed by atoms with Gasteiger partial charge in [0.2, 0.25) is 0 Å². The summed E-state index contributed by atoms with van der Waals surface area (Å²) in [5.74, 6) is -0.369. The molecule has 0 spiro atoms. The van der Waals surface area contributed by atoms with Crippen LogP contribution in [0.4, 0.5) is 4.39 Å². The smallest absolute Gasteiger partial charge is 0.147 e. The maximum absolute atomic E-state index is 13.6. The van der Waals surface area contributed by atoms with Crippen molar-refractivity contribution in [2.45, 2.75) is 13.0 Å². The van der Waals surface area contributed by atoms with E-state index in [0.29, 0.717) is 11.3 Å². The van der Waals surface area contributed by atoms with Crippen LogP contribution in [0.5, 0.6) is 0 Å². The number of imidazole rings is 1. The van der Waals surface area contributed by atoms with Crippen LogP contribution >= 0.6 is 0 Å². The summed E-state index contributed by atoms with van der Waals surface area (Å²) in [6, 6.07) is 4.64. The fraction of sp³-hybridized carbons (Fsp3) is 0.182. The van der Waals surface area contributed by atoms with Crippen LogP contribution in [-0.2, 0) is 0 Å². The third-order valence-corrected chi connectivity index (χ3v) is 2.23. The highest BCUT2D eigenvalue weighted by Crippen LogP contribution is 2.23. The van der Waals surface area contributed by atoms with Crippen LogP contribution in [0.15, 0.2) is 36.9 Å². The number of hydrogen-bond acceptors (Lipinski definition) is 2. The van der Waals surface area contributed by atoms with Crippen LogP contribution in [0.1, 0.15) is 18.6 Å². The van der Waals surface area contributed by atoms with Crippen LogP contribution in [0.3, 0.4) is 0 Å². The molecule has 78 valence electrons. The Bertz CT molecular complexity index is 452. The normalized spacial score (nSPS) is 12.7. The first kappa shape index (κ1) is 9.86. The molecule has 0 amide bonds. The molecule has 3 nitrogen and oxygen atoms in total. The van der Waals surface area contributed by atoms with E-state index in [9.17, 15) is 9.50 Å². The molecule has 0 saturated heterocycles. The van der Waals surface area contributed by atoms with E-state index in [1.165, 1.54) is 12.4 Å². The Morgan fingerprint density at radius 1 is 1.47 bits per heavy atom. The van der Waals surface area contributed by atoms with Crippen LogP contribution in [0.2, 0.25) is 0 Å². The van der Waals surface area contributed by atoms with E-state index >= 15 is 0 Å². The van der Waals surface area contributed by atoms with Crippen molar-refractivity contribution in [2.75, 3.05) is 0 Å². The van der Waals surface area contributed by atoms with Gasteiger partial charge in [-0.05, 0) is 13.0 Å². The molecule has 1 aromatic heterocycles. The molecule has 2 rings (SSSR count). The van der Waals surface area contributed by atoms with Crippen LogP contribution in [0.25, 0.3) is 5.69 Å². The fourth-order valence-corrected chi connectivity index (χ4v) is 1.53. The summed E-state index contributed by atoms with van der Waals surface area (Å²) in [6.07, 6.45) is 4.01. The highest BCUT2D eigenvalue weighted by atomic mass is 19.1. The van der Waals surface area contributed by atoms with Gasteiger partial charge in [0.15, 0.2) is 0 Å². The number of hydrogen-bond donors (Lipinski definition) is 1. The second-order valence-corrected chi connectivity index (χ2v) is 3.32. The van der Waals surface area contributed by atoms with Crippen molar-refractivity contribution < 1.29 is 9.50 Å². The van der Waals surface area contributed by atoms with Gasteiger partial charge in [-0.1, -0.05) is 12.1 Å². The van der Waals surface area contributed by atoms with Gasteiger partial charge < -0.3 is 9.67 Å². The molecule has 0 fully saturated rings. The molecule has 0 aliphatic heterocycles. The van der Waals surface area contributed by atoms with E-state index in [-0.39, 0.29) is 5.82 Å². The van der Waals surface area contributed by atoms with Crippen LogP contribution in [-0.4, -0.2) is 14.7 Å². The molecule has 0 aliphatic rings. The van der Waals surface area contributed by atoms with E-state index in [1.54, 1.807) is 36.0 Å². The van der Waals surface area contributed by atoms with E-state index in [1.807, 2.05) is 0 Å². The lowest BCUT2D eigenvalue weighted by Gasteiger charge is -2.13. The first-order chi connectivity index (χ1) is 7.20. The minimum Gasteiger partial charge on any atom is -0.389 e. The van der Waals surface area contributed by atoms with E-state index in [0.717, 1.165) is 0 Å². The molecular formula is C11H11FN2O. The SMILES string of the molecule is CC(O)c1cccc(F)c1-n1ccnc1. The van der Waals surface area contributed by atoms with Crippen molar-refractivity contribution in [2.24, 2.45) is 0 Å². The maximum Gasteiger partial charge on any atom is 0.147 e. The number of halogens is 1. The fourth-order valence-electron chi connectivity index (χ4n) is 1.53. The van der Waals surface area contributed by atoms with Crippen molar-refractivity contribution >= 4 is 0 Å². The lowest BCUT2D eigenvalue weighted by molar-refractivity contribution is 0.198. The number of aromatic nitrogens is 2. The Labute approximate surface area is 86.8 Å². The topological polar surface area (TPSA) is 38.0 Å². The van der Waals surface area contributed by atoms with Gasteiger partial charge in [-0.3, -0.25) is 0 Å². The molecule has 0 aliphatic carbocycles. The maximum atomic E-state index is 13.6. The summed E-state index contributed by atoms with van der Waals surface area (Å²) in [6.45, 7) is 1.61. The highest BCUT2D eigenvalue weighted by molar-refractivity contribution is 5.43. The Kier molecular flexibility index (Phi) is 2.51. The van der Waals surface area contributed by atoms with Crippen molar-refractivity contribution in [3.05, 3.63) is 48.3 Å². The number of benzene rings is 1. The van der Waals surface area contributed by atoms with Crippen molar-refractivity contribution in [3.63, 3.8) is 0 Å². The summed E-state index contributed by atoms with van der Waals surface area (Å²) in [7, 11) is 0.